The van der Waals surface area contributed by atoms with E-state index in [4.69, 9.17) is 5.84 Å². The first-order chi connectivity index (χ1) is 9.67. The van der Waals surface area contributed by atoms with Crippen LogP contribution in [-0.2, 0) is 20.8 Å². The van der Waals surface area contributed by atoms with Crippen molar-refractivity contribution in [3.8, 4) is 0 Å². The molecule has 21 heavy (non-hydrogen) atoms. The van der Waals surface area contributed by atoms with Gasteiger partial charge in [-0.3, -0.25) is 20.2 Å². The molecule has 0 aliphatic rings. The SMILES string of the molecule is CC(CS(C)=O)NS(=O)(=O)c1cc([N+](=O)[O-])ccc1NN. The van der Waals surface area contributed by atoms with Crippen molar-refractivity contribution in [2.75, 3.05) is 17.4 Å². The minimum Gasteiger partial charge on any atom is -0.323 e. The second-order valence-electron chi connectivity index (χ2n) is 4.34. The highest BCUT2D eigenvalue weighted by molar-refractivity contribution is 7.89. The molecule has 0 spiro atoms. The van der Waals surface area contributed by atoms with E-state index < -0.39 is 31.8 Å². The largest absolute Gasteiger partial charge is 0.323 e. The molecule has 0 amide bonds. The number of rotatable bonds is 7. The Balaban J connectivity index is 3.19. The average molecular weight is 336 g/mol. The van der Waals surface area contributed by atoms with Gasteiger partial charge >= 0.3 is 0 Å². The zero-order valence-electron chi connectivity index (χ0n) is 11.4. The smallest absolute Gasteiger partial charge is 0.270 e. The van der Waals surface area contributed by atoms with Crippen molar-refractivity contribution in [2.24, 2.45) is 5.84 Å². The lowest BCUT2D eigenvalue weighted by Crippen LogP contribution is -2.36. The number of hydrazine groups is 1. The van der Waals surface area contributed by atoms with E-state index in [0.717, 1.165) is 12.1 Å². The molecular weight excluding hydrogens is 320 g/mol. The van der Waals surface area contributed by atoms with Crippen LogP contribution >= 0.6 is 0 Å². The lowest BCUT2D eigenvalue weighted by atomic mass is 10.3. The van der Waals surface area contributed by atoms with E-state index in [2.05, 4.69) is 10.1 Å². The van der Waals surface area contributed by atoms with Gasteiger partial charge < -0.3 is 5.43 Å². The van der Waals surface area contributed by atoms with Gasteiger partial charge in [0.15, 0.2) is 0 Å². The van der Waals surface area contributed by atoms with Crippen LogP contribution in [0.1, 0.15) is 6.92 Å². The predicted octanol–water partition coefficient (Wildman–Crippen LogP) is -0.0743. The van der Waals surface area contributed by atoms with Crippen molar-refractivity contribution in [3.63, 3.8) is 0 Å². The van der Waals surface area contributed by atoms with Gasteiger partial charge in [0, 0.05) is 41.0 Å². The van der Waals surface area contributed by atoms with Crippen molar-refractivity contribution < 1.29 is 17.6 Å². The normalized spacial score (nSPS) is 14.4. The first-order valence-electron chi connectivity index (χ1n) is 5.74. The molecule has 1 aromatic carbocycles. The van der Waals surface area contributed by atoms with Crippen molar-refractivity contribution in [3.05, 3.63) is 28.3 Å². The van der Waals surface area contributed by atoms with Crippen LogP contribution in [0.4, 0.5) is 11.4 Å². The summed E-state index contributed by atoms with van der Waals surface area (Å²) in [4.78, 5) is 9.70. The number of nitrogens with two attached hydrogens (primary N) is 1. The predicted molar refractivity (Wildman–Crippen MR) is 79.6 cm³/mol. The number of nitrogens with zero attached hydrogens (tertiary/aromatic N) is 1. The number of nitrogens with one attached hydrogen (secondary N) is 2. The van der Waals surface area contributed by atoms with Crippen LogP contribution in [0.3, 0.4) is 0 Å². The number of nitrogen functional groups attached to an aromatic ring is 1. The highest BCUT2D eigenvalue weighted by Crippen LogP contribution is 2.25. The molecule has 0 aliphatic heterocycles. The van der Waals surface area contributed by atoms with Gasteiger partial charge in [0.05, 0.1) is 10.6 Å². The van der Waals surface area contributed by atoms with Crippen LogP contribution in [0, 0.1) is 10.1 Å². The van der Waals surface area contributed by atoms with E-state index in [1.807, 2.05) is 0 Å². The van der Waals surface area contributed by atoms with Gasteiger partial charge in [-0.25, -0.2) is 13.1 Å². The van der Waals surface area contributed by atoms with Crippen LogP contribution in [0.5, 0.6) is 0 Å². The minimum absolute atomic E-state index is 0.0259. The maximum absolute atomic E-state index is 12.3. The Labute approximate surface area is 124 Å². The molecule has 0 aliphatic carbocycles. The van der Waals surface area contributed by atoms with Crippen molar-refractivity contribution >= 4 is 32.2 Å². The Morgan fingerprint density at radius 3 is 2.57 bits per heavy atom. The van der Waals surface area contributed by atoms with Gasteiger partial charge in [-0.15, -0.1) is 0 Å². The van der Waals surface area contributed by atoms with Crippen LogP contribution in [0.2, 0.25) is 0 Å². The van der Waals surface area contributed by atoms with Crippen molar-refractivity contribution in [1.82, 2.24) is 4.72 Å². The fourth-order valence-corrected chi connectivity index (χ4v) is 4.01. The second-order valence-corrected chi connectivity index (χ2v) is 7.51. The van der Waals surface area contributed by atoms with Crippen molar-refractivity contribution in [2.45, 2.75) is 17.9 Å². The number of sulfonamides is 1. The number of hydrogen-bond acceptors (Lipinski definition) is 7. The molecule has 118 valence electrons. The molecule has 0 fully saturated rings. The van der Waals surface area contributed by atoms with Crippen molar-refractivity contribution in [1.29, 1.82) is 0 Å². The fraction of sp³-hybridized carbons (Fsp3) is 0.400. The third-order valence-electron chi connectivity index (χ3n) is 2.46. The minimum atomic E-state index is -4.04. The maximum atomic E-state index is 12.3. The number of anilines is 1. The lowest BCUT2D eigenvalue weighted by molar-refractivity contribution is -0.385. The summed E-state index contributed by atoms with van der Waals surface area (Å²) in [6, 6.07) is 2.66. The van der Waals surface area contributed by atoms with E-state index in [1.165, 1.54) is 12.3 Å². The molecule has 2 atom stereocenters. The molecule has 0 aromatic heterocycles. The topological polar surface area (TPSA) is 144 Å². The molecule has 1 aromatic rings. The van der Waals surface area contributed by atoms with E-state index in [0.29, 0.717) is 0 Å². The third-order valence-corrected chi connectivity index (χ3v) is 5.06. The molecule has 0 bridgehead atoms. The Morgan fingerprint density at radius 2 is 2.10 bits per heavy atom. The molecule has 11 heteroatoms. The summed E-state index contributed by atoms with van der Waals surface area (Å²) in [5, 5.41) is 10.7. The first-order valence-corrected chi connectivity index (χ1v) is 8.96. The highest BCUT2D eigenvalue weighted by Gasteiger charge is 2.24. The summed E-state index contributed by atoms with van der Waals surface area (Å²) >= 11 is 0. The van der Waals surface area contributed by atoms with E-state index in [-0.39, 0.29) is 22.0 Å². The zero-order chi connectivity index (χ0) is 16.2. The molecular formula is C10H16N4O5S2. The van der Waals surface area contributed by atoms with Crippen LogP contribution in [0.15, 0.2) is 23.1 Å². The highest BCUT2D eigenvalue weighted by atomic mass is 32.2. The lowest BCUT2D eigenvalue weighted by Gasteiger charge is -2.15. The molecule has 0 saturated heterocycles. The Hall–Kier alpha value is -1.56. The monoisotopic (exact) mass is 336 g/mol. The average Bonchev–Trinajstić information content (AvgIpc) is 2.36. The number of nitro groups is 1. The molecule has 0 saturated carbocycles. The Morgan fingerprint density at radius 1 is 1.48 bits per heavy atom. The maximum Gasteiger partial charge on any atom is 0.270 e. The molecule has 0 heterocycles. The van der Waals surface area contributed by atoms with Crippen LogP contribution in [0.25, 0.3) is 0 Å². The summed E-state index contributed by atoms with van der Waals surface area (Å²) in [5.74, 6) is 5.35. The van der Waals surface area contributed by atoms with E-state index in [1.54, 1.807) is 6.92 Å². The van der Waals surface area contributed by atoms with Gasteiger partial charge in [0.2, 0.25) is 10.0 Å². The van der Waals surface area contributed by atoms with Crippen LogP contribution in [-0.4, -0.2) is 35.6 Å². The second kappa shape index (κ2) is 6.93. The summed E-state index contributed by atoms with van der Waals surface area (Å²) in [6.45, 7) is 1.55. The van der Waals surface area contributed by atoms with Gasteiger partial charge in [0.25, 0.3) is 5.69 Å². The quantitative estimate of drug-likeness (QED) is 0.359. The van der Waals surface area contributed by atoms with E-state index >= 15 is 0 Å². The van der Waals surface area contributed by atoms with Gasteiger partial charge in [-0.2, -0.15) is 0 Å². The number of hydrogen-bond donors (Lipinski definition) is 3. The van der Waals surface area contributed by atoms with Gasteiger partial charge in [-0.1, -0.05) is 0 Å². The summed E-state index contributed by atoms with van der Waals surface area (Å²) in [5.41, 5.74) is 1.83. The molecule has 9 nitrogen and oxygen atoms in total. The summed E-state index contributed by atoms with van der Waals surface area (Å²) < 4.78 is 37.9. The van der Waals surface area contributed by atoms with Crippen LogP contribution < -0.4 is 16.0 Å². The Bertz CT molecular complexity index is 661. The molecule has 4 N–H and O–H groups in total. The zero-order valence-corrected chi connectivity index (χ0v) is 13.0. The summed E-state index contributed by atoms with van der Waals surface area (Å²) in [6.07, 6.45) is 1.45. The number of non-ortho nitro benzene ring substituents is 1. The molecule has 2 unspecified atom stereocenters. The van der Waals surface area contributed by atoms with E-state index in [9.17, 15) is 22.7 Å². The van der Waals surface area contributed by atoms with Gasteiger partial charge in [0.1, 0.15) is 4.90 Å². The third kappa shape index (κ3) is 4.74. The molecule has 0 radical (unpaired) electrons. The first kappa shape index (κ1) is 17.5. The number of benzene rings is 1. The number of nitro benzene ring substituents is 1. The Kier molecular flexibility index (Phi) is 5.78. The van der Waals surface area contributed by atoms with Gasteiger partial charge in [-0.05, 0) is 13.0 Å². The standard InChI is InChI=1S/C10H16N4O5S2/c1-7(6-20(2)17)13-21(18,19)10-5-8(14(15)16)3-4-9(10)12-11/h3-5,7,12-13H,6,11H2,1-2H3. The molecule has 1 rings (SSSR count). The summed E-state index contributed by atoms with van der Waals surface area (Å²) in [7, 11) is -5.22. The fourth-order valence-electron chi connectivity index (χ4n) is 1.68.